The average Bonchev–Trinajstić information content (AvgIpc) is 2.85. The maximum Gasteiger partial charge on any atom is 0.422 e. The third kappa shape index (κ3) is 5.13. The molecule has 12 heteroatoms. The molecule has 1 aliphatic rings. The molecule has 0 aliphatic carbocycles. The number of amidine groups is 1. The van der Waals surface area contributed by atoms with E-state index in [9.17, 15) is 22.4 Å². The fraction of sp³-hybridized carbons (Fsp3) is 0.350. The number of halogens is 5. The van der Waals surface area contributed by atoms with Crippen LogP contribution >= 0.6 is 0 Å². The standard InChI is InChI=1S/C20H19F5N4O3/c1-19(14(21)8-31-9-15(26)29-19)11-4-2-5-12(16(11)22)28-18(30)17-13(6-3-7-27-17)32-10-20(23,24)25/h2-7,14H,8-10H2,1H3,(H2,26,29)(H,28,30)/t14-,19+/m0/s1. The minimum atomic E-state index is -4.63. The number of aliphatic imine (C=N–C) groups is 1. The highest BCUT2D eigenvalue weighted by Gasteiger charge is 2.41. The quantitative estimate of drug-likeness (QED) is 0.670. The zero-order chi connectivity index (χ0) is 23.5. The molecule has 1 amide bonds. The number of pyridine rings is 1. The summed E-state index contributed by atoms with van der Waals surface area (Å²) in [6, 6.07) is 6.26. The van der Waals surface area contributed by atoms with Crippen molar-refractivity contribution in [1.82, 2.24) is 4.98 Å². The minimum Gasteiger partial charge on any atom is -0.482 e. The van der Waals surface area contributed by atoms with Gasteiger partial charge in [-0.15, -0.1) is 0 Å². The Labute approximate surface area is 179 Å². The highest BCUT2D eigenvalue weighted by Crippen LogP contribution is 2.37. The van der Waals surface area contributed by atoms with E-state index in [1.54, 1.807) is 0 Å². The maximum absolute atomic E-state index is 15.3. The van der Waals surface area contributed by atoms with E-state index in [0.29, 0.717) is 0 Å². The Morgan fingerprint density at radius 3 is 2.81 bits per heavy atom. The van der Waals surface area contributed by atoms with Crippen molar-refractivity contribution < 1.29 is 36.2 Å². The number of nitrogens with one attached hydrogen (secondary N) is 1. The fourth-order valence-electron chi connectivity index (χ4n) is 3.10. The molecule has 1 aromatic heterocycles. The second-order valence-electron chi connectivity index (χ2n) is 7.11. The van der Waals surface area contributed by atoms with Crippen LogP contribution in [0.3, 0.4) is 0 Å². The van der Waals surface area contributed by atoms with E-state index < -0.39 is 47.7 Å². The molecule has 0 bridgehead atoms. The fourth-order valence-corrected chi connectivity index (χ4v) is 3.10. The molecule has 0 saturated carbocycles. The summed E-state index contributed by atoms with van der Waals surface area (Å²) >= 11 is 0. The number of nitrogens with two attached hydrogens (primary N) is 1. The van der Waals surface area contributed by atoms with E-state index in [2.05, 4.69) is 20.0 Å². The number of nitrogens with zero attached hydrogens (tertiary/aromatic N) is 2. The Bertz CT molecular complexity index is 1030. The lowest BCUT2D eigenvalue weighted by molar-refractivity contribution is -0.153. The van der Waals surface area contributed by atoms with Crippen LogP contribution in [0.5, 0.6) is 5.75 Å². The van der Waals surface area contributed by atoms with E-state index in [4.69, 9.17) is 10.5 Å². The van der Waals surface area contributed by atoms with Gasteiger partial charge in [-0.1, -0.05) is 12.1 Å². The van der Waals surface area contributed by atoms with E-state index >= 15 is 4.39 Å². The number of alkyl halides is 4. The molecule has 7 nitrogen and oxygen atoms in total. The Morgan fingerprint density at radius 2 is 2.09 bits per heavy atom. The molecule has 172 valence electrons. The van der Waals surface area contributed by atoms with Crippen molar-refractivity contribution in [1.29, 1.82) is 0 Å². The zero-order valence-electron chi connectivity index (χ0n) is 16.7. The number of carbonyl (C=O) groups excluding carboxylic acids is 1. The summed E-state index contributed by atoms with van der Waals surface area (Å²) < 4.78 is 77.1. The molecule has 0 fully saturated rings. The van der Waals surface area contributed by atoms with Gasteiger partial charge in [-0.3, -0.25) is 9.79 Å². The predicted octanol–water partition coefficient (Wildman–Crippen LogP) is 3.35. The molecule has 0 spiro atoms. The maximum atomic E-state index is 15.3. The third-order valence-corrected chi connectivity index (χ3v) is 4.67. The van der Waals surface area contributed by atoms with Gasteiger partial charge in [-0.25, -0.2) is 13.8 Å². The van der Waals surface area contributed by atoms with E-state index in [0.717, 1.165) is 6.07 Å². The number of carbonyl (C=O) groups is 1. The van der Waals surface area contributed by atoms with Gasteiger partial charge in [0, 0.05) is 11.8 Å². The Kier molecular flexibility index (Phi) is 6.63. The third-order valence-electron chi connectivity index (χ3n) is 4.67. The molecule has 0 unspecified atom stereocenters. The van der Waals surface area contributed by atoms with Gasteiger partial charge in [0.2, 0.25) is 0 Å². The largest absolute Gasteiger partial charge is 0.482 e. The van der Waals surface area contributed by atoms with Gasteiger partial charge in [0.1, 0.15) is 18.0 Å². The van der Waals surface area contributed by atoms with Crippen LogP contribution in [-0.4, -0.2) is 48.9 Å². The summed E-state index contributed by atoms with van der Waals surface area (Å²) in [6.07, 6.45) is -5.20. The van der Waals surface area contributed by atoms with Crippen molar-refractivity contribution >= 4 is 17.4 Å². The molecule has 2 heterocycles. The summed E-state index contributed by atoms with van der Waals surface area (Å²) in [7, 11) is 0. The van der Waals surface area contributed by atoms with Crippen LogP contribution in [0.4, 0.5) is 27.6 Å². The number of anilines is 1. The summed E-state index contributed by atoms with van der Waals surface area (Å²) in [4.78, 5) is 20.4. The lowest BCUT2D eigenvalue weighted by Crippen LogP contribution is -2.36. The predicted molar refractivity (Wildman–Crippen MR) is 105 cm³/mol. The van der Waals surface area contributed by atoms with Crippen LogP contribution in [0.2, 0.25) is 0 Å². The van der Waals surface area contributed by atoms with Gasteiger partial charge in [-0.2, -0.15) is 13.2 Å². The number of benzene rings is 1. The number of rotatable bonds is 5. The first kappa shape index (κ1) is 23.4. The molecule has 2 aromatic rings. The molecular weight excluding hydrogens is 439 g/mol. The van der Waals surface area contributed by atoms with Gasteiger partial charge < -0.3 is 20.5 Å². The van der Waals surface area contributed by atoms with Gasteiger partial charge >= 0.3 is 6.18 Å². The summed E-state index contributed by atoms with van der Waals surface area (Å²) in [6.45, 7) is -0.787. The van der Waals surface area contributed by atoms with Crippen molar-refractivity contribution in [2.75, 3.05) is 25.1 Å². The van der Waals surface area contributed by atoms with E-state index in [-0.39, 0.29) is 30.3 Å². The normalized spacial score (nSPS) is 21.4. The van der Waals surface area contributed by atoms with Crippen LogP contribution in [0.1, 0.15) is 23.0 Å². The molecule has 0 radical (unpaired) electrons. The van der Waals surface area contributed by atoms with E-state index in [1.165, 1.54) is 37.4 Å². The SMILES string of the molecule is C[C@]1(c2cccc(NC(=O)c3ncccc3OCC(F)(F)F)c2F)N=C(N)COC[C@@H]1F. The highest BCUT2D eigenvalue weighted by atomic mass is 19.4. The number of aromatic nitrogens is 1. The van der Waals surface area contributed by atoms with Crippen LogP contribution in [0.25, 0.3) is 0 Å². The number of amides is 1. The summed E-state index contributed by atoms with van der Waals surface area (Å²) in [5.74, 6) is -2.47. The van der Waals surface area contributed by atoms with Gasteiger partial charge in [0.15, 0.2) is 30.0 Å². The zero-order valence-corrected chi connectivity index (χ0v) is 16.7. The first-order valence-corrected chi connectivity index (χ1v) is 9.32. The number of hydrogen-bond acceptors (Lipinski definition) is 6. The van der Waals surface area contributed by atoms with E-state index in [1.807, 2.05) is 0 Å². The van der Waals surface area contributed by atoms with Crippen molar-refractivity contribution in [2.24, 2.45) is 10.7 Å². The van der Waals surface area contributed by atoms with Gasteiger partial charge in [0.05, 0.1) is 12.3 Å². The summed E-state index contributed by atoms with van der Waals surface area (Å²) in [5.41, 5.74) is 2.94. The lowest BCUT2D eigenvalue weighted by atomic mass is 9.87. The highest BCUT2D eigenvalue weighted by molar-refractivity contribution is 6.04. The molecule has 32 heavy (non-hydrogen) atoms. The van der Waals surface area contributed by atoms with Crippen molar-refractivity contribution in [3.8, 4) is 5.75 Å². The second-order valence-corrected chi connectivity index (χ2v) is 7.11. The molecular formula is C20H19F5N4O3. The van der Waals surface area contributed by atoms with Crippen molar-refractivity contribution in [2.45, 2.75) is 24.8 Å². The average molecular weight is 458 g/mol. The molecule has 1 aliphatic heterocycles. The molecule has 0 saturated heterocycles. The van der Waals surface area contributed by atoms with Crippen LogP contribution < -0.4 is 15.8 Å². The Morgan fingerprint density at radius 1 is 1.34 bits per heavy atom. The molecule has 1 aromatic carbocycles. The number of ether oxygens (including phenoxy) is 2. The molecule has 3 rings (SSSR count). The topological polar surface area (TPSA) is 98.8 Å². The first-order chi connectivity index (χ1) is 15.0. The minimum absolute atomic E-state index is 0.0265. The lowest BCUT2D eigenvalue weighted by Gasteiger charge is -2.29. The molecule has 3 N–H and O–H groups in total. The van der Waals surface area contributed by atoms with Crippen LogP contribution in [0.15, 0.2) is 41.5 Å². The smallest absolute Gasteiger partial charge is 0.422 e. The monoisotopic (exact) mass is 458 g/mol. The van der Waals surface area contributed by atoms with Gasteiger partial charge in [-0.05, 0) is 25.1 Å². The van der Waals surface area contributed by atoms with Crippen molar-refractivity contribution in [3.05, 3.63) is 53.6 Å². The first-order valence-electron chi connectivity index (χ1n) is 9.32. The Balaban J connectivity index is 1.90. The van der Waals surface area contributed by atoms with Crippen molar-refractivity contribution in [3.63, 3.8) is 0 Å². The Hall–Kier alpha value is -3.28. The number of hydrogen-bond donors (Lipinski definition) is 2. The molecule has 2 atom stereocenters. The summed E-state index contributed by atoms with van der Waals surface area (Å²) in [5, 5.41) is 2.23. The van der Waals surface area contributed by atoms with Gasteiger partial charge in [0.25, 0.3) is 5.91 Å². The van der Waals surface area contributed by atoms with Crippen LogP contribution in [0, 0.1) is 5.82 Å². The van der Waals surface area contributed by atoms with Crippen LogP contribution in [-0.2, 0) is 10.3 Å². The second kappa shape index (κ2) is 9.07.